The van der Waals surface area contributed by atoms with Gasteiger partial charge in [0.2, 0.25) is 0 Å². The van der Waals surface area contributed by atoms with Gasteiger partial charge in [0.05, 0.1) is 25.1 Å². The molecule has 5 heteroatoms. The Kier molecular flexibility index (Phi) is 14.3. The normalized spacial score (nSPS) is 12.0. The number of halogens is 1. The van der Waals surface area contributed by atoms with E-state index in [0.717, 1.165) is 6.42 Å². The molecule has 0 amide bonds. The molecular weight excluding hydrogens is 348 g/mol. The van der Waals surface area contributed by atoms with E-state index in [1.54, 1.807) is 12.1 Å². The fraction of sp³-hybridized carbons (Fsp3) is 0.714. The minimum absolute atomic E-state index is 0. The summed E-state index contributed by atoms with van der Waals surface area (Å²) in [5.41, 5.74) is 1.38. The molecule has 0 aliphatic rings. The molecule has 1 rings (SSSR count). The Morgan fingerprint density at radius 1 is 0.923 bits per heavy atom. The van der Waals surface area contributed by atoms with Crippen LogP contribution in [-0.4, -0.2) is 25.1 Å². The number of nitrogens with one attached hydrogen (secondary N) is 1. The van der Waals surface area contributed by atoms with Crippen LogP contribution in [0, 0.1) is 10.1 Å². The zero-order chi connectivity index (χ0) is 18.5. The largest absolute Gasteiger partial charge is 1.00 e. The highest BCUT2D eigenvalue weighted by atomic mass is 35.5. The molecule has 0 heterocycles. The van der Waals surface area contributed by atoms with E-state index in [0.29, 0.717) is 6.04 Å². The number of nitro groups is 1. The van der Waals surface area contributed by atoms with E-state index < -0.39 is 0 Å². The molecule has 0 aliphatic heterocycles. The number of benzene rings is 1. The summed E-state index contributed by atoms with van der Waals surface area (Å²) in [7, 11) is 4.42. The van der Waals surface area contributed by atoms with Gasteiger partial charge in [0.25, 0.3) is 5.69 Å². The standard InChI is InChI=1S/C21H36N2O2.ClH/c1-4-5-6-7-8-9-10-11-12-13-21(22(2)3)18-19-14-16-20(17-15-19)23(24)25;/h14-17,21H,4-13,18H2,1-3H3;1H. The second-order valence-corrected chi connectivity index (χ2v) is 7.52. The molecule has 0 aliphatic carbocycles. The van der Waals surface area contributed by atoms with Crippen molar-refractivity contribution in [1.29, 1.82) is 0 Å². The lowest BCUT2D eigenvalue weighted by Gasteiger charge is -2.21. The highest BCUT2D eigenvalue weighted by Crippen LogP contribution is 2.15. The second kappa shape index (κ2) is 15.0. The fourth-order valence-corrected chi connectivity index (χ4v) is 3.33. The number of hydrogen-bond acceptors (Lipinski definition) is 2. The number of likely N-dealkylation sites (N-methyl/N-ethyl adjacent to an activating group) is 1. The molecular formula is C21H37ClN2O2. The Labute approximate surface area is 165 Å². The molecule has 4 nitrogen and oxygen atoms in total. The van der Waals surface area contributed by atoms with Gasteiger partial charge in [0.15, 0.2) is 0 Å². The number of rotatable bonds is 14. The average molecular weight is 385 g/mol. The number of unbranched alkanes of at least 4 members (excludes halogenated alkanes) is 8. The molecule has 1 N–H and O–H groups in total. The molecule has 0 aromatic heterocycles. The summed E-state index contributed by atoms with van der Waals surface area (Å²) in [5.74, 6) is 0. The van der Waals surface area contributed by atoms with Gasteiger partial charge in [-0.15, -0.1) is 0 Å². The minimum atomic E-state index is -0.333. The average Bonchev–Trinajstić information content (AvgIpc) is 2.59. The highest BCUT2D eigenvalue weighted by Gasteiger charge is 2.16. The molecule has 0 saturated carbocycles. The molecule has 26 heavy (non-hydrogen) atoms. The van der Waals surface area contributed by atoms with Crippen LogP contribution in [0.5, 0.6) is 0 Å². The van der Waals surface area contributed by atoms with Crippen LogP contribution in [0.3, 0.4) is 0 Å². The smallest absolute Gasteiger partial charge is 0.269 e. The number of non-ortho nitro benzene ring substituents is 1. The number of quaternary nitrogens is 1. The summed E-state index contributed by atoms with van der Waals surface area (Å²) < 4.78 is 0. The number of nitro benzene ring substituents is 1. The maximum absolute atomic E-state index is 10.7. The Morgan fingerprint density at radius 2 is 1.42 bits per heavy atom. The van der Waals surface area contributed by atoms with Gasteiger partial charge in [0.1, 0.15) is 0 Å². The Bertz CT molecular complexity index is 477. The van der Waals surface area contributed by atoms with Crippen molar-refractivity contribution < 1.29 is 22.2 Å². The molecule has 150 valence electrons. The van der Waals surface area contributed by atoms with Crippen molar-refractivity contribution in [2.75, 3.05) is 14.1 Å². The number of hydrogen-bond donors (Lipinski definition) is 1. The monoisotopic (exact) mass is 384 g/mol. The lowest BCUT2D eigenvalue weighted by Crippen LogP contribution is -3.10. The summed E-state index contributed by atoms with van der Waals surface area (Å²) in [6.45, 7) is 2.26. The van der Waals surface area contributed by atoms with Crippen molar-refractivity contribution in [3.05, 3.63) is 39.9 Å². The van der Waals surface area contributed by atoms with Crippen LogP contribution in [-0.2, 0) is 6.42 Å². The zero-order valence-corrected chi connectivity index (χ0v) is 17.6. The van der Waals surface area contributed by atoms with E-state index in [-0.39, 0.29) is 23.0 Å². The van der Waals surface area contributed by atoms with Gasteiger partial charge in [-0.25, -0.2) is 0 Å². The zero-order valence-electron chi connectivity index (χ0n) is 16.8. The Hall–Kier alpha value is -1.13. The molecule has 1 atom stereocenters. The van der Waals surface area contributed by atoms with Gasteiger partial charge in [0, 0.05) is 18.6 Å². The summed E-state index contributed by atoms with van der Waals surface area (Å²) in [5, 5.41) is 10.7. The van der Waals surface area contributed by atoms with Gasteiger partial charge in [-0.2, -0.15) is 0 Å². The van der Waals surface area contributed by atoms with Crippen molar-refractivity contribution >= 4 is 5.69 Å². The predicted molar refractivity (Wildman–Crippen MR) is 105 cm³/mol. The summed E-state index contributed by atoms with van der Waals surface area (Å²) in [4.78, 5) is 11.9. The van der Waals surface area contributed by atoms with E-state index >= 15 is 0 Å². The molecule has 0 radical (unpaired) electrons. The number of nitrogens with zero attached hydrogens (tertiary/aromatic N) is 1. The molecule has 1 aromatic rings. The van der Waals surface area contributed by atoms with Gasteiger partial charge in [-0.05, 0) is 18.4 Å². The van der Waals surface area contributed by atoms with Crippen LogP contribution in [0.4, 0.5) is 5.69 Å². The van der Waals surface area contributed by atoms with Crippen LogP contribution in [0.2, 0.25) is 0 Å². The van der Waals surface area contributed by atoms with Crippen molar-refractivity contribution in [1.82, 2.24) is 0 Å². The highest BCUT2D eigenvalue weighted by molar-refractivity contribution is 5.33. The maximum Gasteiger partial charge on any atom is 0.269 e. The van der Waals surface area contributed by atoms with Crippen LogP contribution in [0.1, 0.15) is 76.7 Å². The van der Waals surface area contributed by atoms with Crippen LogP contribution in [0.25, 0.3) is 0 Å². The minimum Gasteiger partial charge on any atom is -1.00 e. The first kappa shape index (κ1) is 24.9. The first-order valence-electron chi connectivity index (χ1n) is 10.1. The van der Waals surface area contributed by atoms with Crippen LogP contribution < -0.4 is 17.3 Å². The van der Waals surface area contributed by atoms with Gasteiger partial charge in [-0.1, -0.05) is 70.4 Å². The lowest BCUT2D eigenvalue weighted by molar-refractivity contribution is -0.886. The van der Waals surface area contributed by atoms with Crippen molar-refractivity contribution in [3.63, 3.8) is 0 Å². The quantitative estimate of drug-likeness (QED) is 0.301. The van der Waals surface area contributed by atoms with Crippen molar-refractivity contribution in [2.24, 2.45) is 0 Å². The molecule has 0 bridgehead atoms. The maximum atomic E-state index is 10.7. The molecule has 0 fully saturated rings. The van der Waals surface area contributed by atoms with Gasteiger partial charge >= 0.3 is 0 Å². The third kappa shape index (κ3) is 10.8. The molecule has 1 unspecified atom stereocenters. The first-order chi connectivity index (χ1) is 12.0. The van der Waals surface area contributed by atoms with Crippen LogP contribution >= 0.6 is 0 Å². The van der Waals surface area contributed by atoms with E-state index in [1.807, 2.05) is 12.1 Å². The third-order valence-corrected chi connectivity index (χ3v) is 5.10. The van der Waals surface area contributed by atoms with Gasteiger partial charge in [-0.3, -0.25) is 10.1 Å². The molecule has 0 spiro atoms. The Morgan fingerprint density at radius 3 is 1.88 bits per heavy atom. The van der Waals surface area contributed by atoms with E-state index in [9.17, 15) is 10.1 Å². The Balaban J connectivity index is 0.00000625. The van der Waals surface area contributed by atoms with Crippen molar-refractivity contribution in [2.45, 2.75) is 83.6 Å². The summed E-state index contributed by atoms with van der Waals surface area (Å²) in [6.07, 6.45) is 14.5. The fourth-order valence-electron chi connectivity index (χ4n) is 3.33. The van der Waals surface area contributed by atoms with E-state index in [1.165, 1.54) is 74.7 Å². The lowest BCUT2D eigenvalue weighted by atomic mass is 9.98. The summed E-state index contributed by atoms with van der Waals surface area (Å²) >= 11 is 0. The van der Waals surface area contributed by atoms with Crippen molar-refractivity contribution in [3.8, 4) is 0 Å². The van der Waals surface area contributed by atoms with E-state index in [2.05, 4.69) is 21.0 Å². The topological polar surface area (TPSA) is 47.6 Å². The third-order valence-electron chi connectivity index (χ3n) is 5.10. The SMILES string of the molecule is CCCCCCCCCCCC(Cc1ccc([N+](=O)[O-])cc1)[NH+](C)C.[Cl-]. The van der Waals surface area contributed by atoms with E-state index in [4.69, 9.17) is 0 Å². The van der Waals surface area contributed by atoms with Gasteiger partial charge < -0.3 is 17.3 Å². The predicted octanol–water partition coefficient (Wildman–Crippen LogP) is 1.58. The molecule has 1 aromatic carbocycles. The first-order valence-corrected chi connectivity index (χ1v) is 10.1. The van der Waals surface area contributed by atoms with Crippen LogP contribution in [0.15, 0.2) is 24.3 Å². The molecule has 0 saturated heterocycles. The second-order valence-electron chi connectivity index (χ2n) is 7.52. The summed E-state index contributed by atoms with van der Waals surface area (Å²) in [6, 6.07) is 7.65.